The summed E-state index contributed by atoms with van der Waals surface area (Å²) in [5.74, 6) is 0.568. The number of nitrogens with one attached hydrogen (secondary N) is 1. The van der Waals surface area contributed by atoms with Crippen LogP contribution in [0.1, 0.15) is 6.92 Å². The molecule has 3 N–H and O–H groups in total. The van der Waals surface area contributed by atoms with E-state index in [2.05, 4.69) is 15.3 Å². The van der Waals surface area contributed by atoms with Crippen LogP contribution in [0.5, 0.6) is 0 Å². The van der Waals surface area contributed by atoms with Gasteiger partial charge in [-0.1, -0.05) is 0 Å². The molecule has 1 aromatic heterocycles. The molecule has 0 fully saturated rings. The van der Waals surface area contributed by atoms with Gasteiger partial charge in [0.15, 0.2) is 0 Å². The van der Waals surface area contributed by atoms with E-state index in [0.717, 1.165) is 0 Å². The van der Waals surface area contributed by atoms with Gasteiger partial charge in [0, 0.05) is 13.7 Å². The quantitative estimate of drug-likeness (QED) is 0.709. The van der Waals surface area contributed by atoms with Crippen molar-refractivity contribution in [2.75, 3.05) is 24.7 Å². The third-order valence-electron chi connectivity index (χ3n) is 1.62. The standard InChI is InChI=1S/C8H14N4O/c1-6(13-2)3-10-8-11-4-7(9)5-12-8/h4-6H,3,9H2,1-2H3,(H,10,11,12). The van der Waals surface area contributed by atoms with Gasteiger partial charge in [-0.25, -0.2) is 9.97 Å². The molecular weight excluding hydrogens is 168 g/mol. The maximum atomic E-state index is 5.43. The first-order valence-electron chi connectivity index (χ1n) is 4.06. The second-order valence-electron chi connectivity index (χ2n) is 2.77. The number of aromatic nitrogens is 2. The summed E-state index contributed by atoms with van der Waals surface area (Å²) in [6.45, 7) is 2.64. The lowest BCUT2D eigenvalue weighted by Gasteiger charge is -2.09. The monoisotopic (exact) mass is 182 g/mol. The maximum absolute atomic E-state index is 5.43. The molecule has 13 heavy (non-hydrogen) atoms. The summed E-state index contributed by atoms with van der Waals surface area (Å²) in [6, 6.07) is 0. The number of rotatable bonds is 4. The molecule has 0 radical (unpaired) electrons. The van der Waals surface area contributed by atoms with Crippen LogP contribution in [0.15, 0.2) is 12.4 Å². The van der Waals surface area contributed by atoms with Crippen molar-refractivity contribution in [3.05, 3.63) is 12.4 Å². The Morgan fingerprint density at radius 1 is 1.54 bits per heavy atom. The number of nitrogens with zero attached hydrogens (tertiary/aromatic N) is 2. The van der Waals surface area contributed by atoms with Gasteiger partial charge in [0.2, 0.25) is 5.95 Å². The fraction of sp³-hybridized carbons (Fsp3) is 0.500. The van der Waals surface area contributed by atoms with Crippen LogP contribution in [0.2, 0.25) is 0 Å². The first-order chi connectivity index (χ1) is 6.22. The van der Waals surface area contributed by atoms with E-state index in [1.807, 2.05) is 6.92 Å². The first-order valence-corrected chi connectivity index (χ1v) is 4.06. The van der Waals surface area contributed by atoms with Crippen LogP contribution in [0, 0.1) is 0 Å². The Labute approximate surface area is 77.3 Å². The summed E-state index contributed by atoms with van der Waals surface area (Å²) in [5, 5.41) is 3.02. The Kier molecular flexibility index (Phi) is 3.45. The van der Waals surface area contributed by atoms with Crippen LogP contribution in [0.4, 0.5) is 11.6 Å². The van der Waals surface area contributed by atoms with Gasteiger partial charge in [0.1, 0.15) is 0 Å². The van der Waals surface area contributed by atoms with Crippen molar-refractivity contribution < 1.29 is 4.74 Å². The highest BCUT2D eigenvalue weighted by Crippen LogP contribution is 2.00. The normalized spacial score (nSPS) is 12.5. The number of nitrogen functional groups attached to an aromatic ring is 1. The average Bonchev–Trinajstić information content (AvgIpc) is 2.16. The van der Waals surface area contributed by atoms with E-state index < -0.39 is 0 Å². The van der Waals surface area contributed by atoms with E-state index in [9.17, 15) is 0 Å². The molecule has 5 nitrogen and oxygen atoms in total. The van der Waals surface area contributed by atoms with Crippen molar-refractivity contribution in [2.45, 2.75) is 13.0 Å². The molecule has 1 unspecified atom stereocenters. The molecule has 1 atom stereocenters. The topological polar surface area (TPSA) is 73.1 Å². The van der Waals surface area contributed by atoms with Crippen LogP contribution < -0.4 is 11.1 Å². The summed E-state index contributed by atoms with van der Waals surface area (Å²) in [7, 11) is 1.66. The summed E-state index contributed by atoms with van der Waals surface area (Å²) in [6.07, 6.45) is 3.26. The number of hydrogen-bond donors (Lipinski definition) is 2. The van der Waals surface area contributed by atoms with E-state index in [1.54, 1.807) is 19.5 Å². The minimum Gasteiger partial charge on any atom is -0.396 e. The molecule has 0 aliphatic carbocycles. The molecule has 1 aromatic rings. The summed E-state index contributed by atoms with van der Waals surface area (Å²) in [5.41, 5.74) is 5.99. The fourth-order valence-electron chi connectivity index (χ4n) is 0.748. The molecule has 5 heteroatoms. The predicted molar refractivity (Wildman–Crippen MR) is 51.4 cm³/mol. The van der Waals surface area contributed by atoms with Gasteiger partial charge in [-0.2, -0.15) is 0 Å². The highest BCUT2D eigenvalue weighted by molar-refractivity contribution is 5.35. The molecule has 0 bridgehead atoms. The largest absolute Gasteiger partial charge is 0.396 e. The van der Waals surface area contributed by atoms with Crippen LogP contribution in [-0.2, 0) is 4.74 Å². The van der Waals surface area contributed by atoms with Gasteiger partial charge in [0.25, 0.3) is 0 Å². The van der Waals surface area contributed by atoms with E-state index >= 15 is 0 Å². The van der Waals surface area contributed by atoms with Gasteiger partial charge >= 0.3 is 0 Å². The average molecular weight is 182 g/mol. The maximum Gasteiger partial charge on any atom is 0.222 e. The van der Waals surface area contributed by atoms with Crippen LogP contribution in [-0.4, -0.2) is 29.7 Å². The third kappa shape index (κ3) is 3.25. The lowest BCUT2D eigenvalue weighted by Crippen LogP contribution is -2.19. The highest BCUT2D eigenvalue weighted by Gasteiger charge is 1.99. The van der Waals surface area contributed by atoms with Gasteiger partial charge in [-0.05, 0) is 6.92 Å². The minimum atomic E-state index is 0.140. The van der Waals surface area contributed by atoms with Crippen LogP contribution in [0.3, 0.4) is 0 Å². The van der Waals surface area contributed by atoms with Crippen molar-refractivity contribution in [3.63, 3.8) is 0 Å². The lowest BCUT2D eigenvalue weighted by atomic mass is 10.4. The number of methoxy groups -OCH3 is 1. The van der Waals surface area contributed by atoms with Gasteiger partial charge in [-0.15, -0.1) is 0 Å². The van der Waals surface area contributed by atoms with Crippen molar-refractivity contribution in [1.82, 2.24) is 9.97 Å². The van der Waals surface area contributed by atoms with Crippen molar-refractivity contribution in [1.29, 1.82) is 0 Å². The Balaban J connectivity index is 2.41. The Bertz CT molecular complexity index is 249. The molecule has 1 heterocycles. The molecule has 0 saturated carbocycles. The van der Waals surface area contributed by atoms with E-state index in [1.165, 1.54) is 0 Å². The summed E-state index contributed by atoms with van der Waals surface area (Å²) < 4.78 is 5.05. The fourth-order valence-corrected chi connectivity index (χ4v) is 0.748. The predicted octanol–water partition coefficient (Wildman–Crippen LogP) is 0.506. The van der Waals surface area contributed by atoms with Crippen LogP contribution in [0.25, 0.3) is 0 Å². The Hall–Kier alpha value is -1.36. The number of hydrogen-bond acceptors (Lipinski definition) is 5. The van der Waals surface area contributed by atoms with Crippen molar-refractivity contribution in [2.24, 2.45) is 0 Å². The summed E-state index contributed by atoms with van der Waals surface area (Å²) >= 11 is 0. The molecule has 72 valence electrons. The second kappa shape index (κ2) is 4.61. The molecule has 0 aliphatic rings. The Morgan fingerprint density at radius 2 is 2.15 bits per heavy atom. The molecule has 0 saturated heterocycles. The molecule has 1 rings (SSSR count). The van der Waals surface area contributed by atoms with Crippen molar-refractivity contribution >= 4 is 11.6 Å². The Morgan fingerprint density at radius 3 is 2.69 bits per heavy atom. The lowest BCUT2D eigenvalue weighted by molar-refractivity contribution is 0.128. The van der Waals surface area contributed by atoms with E-state index in [4.69, 9.17) is 10.5 Å². The zero-order chi connectivity index (χ0) is 9.68. The van der Waals surface area contributed by atoms with Gasteiger partial charge in [0.05, 0.1) is 24.2 Å². The third-order valence-corrected chi connectivity index (χ3v) is 1.62. The van der Waals surface area contributed by atoms with Gasteiger partial charge < -0.3 is 15.8 Å². The molecule has 0 amide bonds. The molecule has 0 spiro atoms. The van der Waals surface area contributed by atoms with E-state index in [0.29, 0.717) is 18.2 Å². The highest BCUT2D eigenvalue weighted by atomic mass is 16.5. The first kappa shape index (κ1) is 9.73. The number of ether oxygens (including phenoxy) is 1. The van der Waals surface area contributed by atoms with E-state index in [-0.39, 0.29) is 6.10 Å². The van der Waals surface area contributed by atoms with Gasteiger partial charge in [-0.3, -0.25) is 0 Å². The van der Waals surface area contributed by atoms with Crippen LogP contribution >= 0.6 is 0 Å². The zero-order valence-electron chi connectivity index (χ0n) is 7.82. The second-order valence-corrected chi connectivity index (χ2v) is 2.77. The molecular formula is C8H14N4O. The molecule has 0 aromatic carbocycles. The zero-order valence-corrected chi connectivity index (χ0v) is 7.82. The summed E-state index contributed by atoms with van der Waals surface area (Å²) in [4.78, 5) is 7.96. The molecule has 0 aliphatic heterocycles. The number of anilines is 2. The van der Waals surface area contributed by atoms with Crippen molar-refractivity contribution in [3.8, 4) is 0 Å². The minimum absolute atomic E-state index is 0.140. The smallest absolute Gasteiger partial charge is 0.222 e. The number of nitrogens with two attached hydrogens (primary N) is 1. The SMILES string of the molecule is COC(C)CNc1ncc(N)cn1.